The van der Waals surface area contributed by atoms with Crippen molar-refractivity contribution in [3.8, 4) is 0 Å². The van der Waals surface area contributed by atoms with Crippen molar-refractivity contribution in [1.82, 2.24) is 0 Å². The monoisotopic (exact) mass is 217 g/mol. The Labute approximate surface area is 85.6 Å². The van der Waals surface area contributed by atoms with Crippen molar-refractivity contribution in [2.45, 2.75) is 19.6 Å². The first-order valence-corrected chi connectivity index (χ1v) is 5.10. The summed E-state index contributed by atoms with van der Waals surface area (Å²) < 4.78 is 9.69. The van der Waals surface area contributed by atoms with Gasteiger partial charge in [0.25, 0.3) is 5.79 Å². The van der Waals surface area contributed by atoms with Crippen LogP contribution in [0.3, 0.4) is 0 Å². The Hall–Kier alpha value is -1.17. The number of hydrogen-bond acceptors (Lipinski definition) is 6. The van der Waals surface area contributed by atoms with Crippen LogP contribution in [0.15, 0.2) is 10.6 Å². The minimum Gasteiger partial charge on any atom is -0.419 e. The first-order chi connectivity index (χ1) is 6.37. The van der Waals surface area contributed by atoms with E-state index in [0.717, 1.165) is 11.8 Å². The van der Waals surface area contributed by atoms with Crippen molar-refractivity contribution < 1.29 is 19.1 Å². The Balaban J connectivity index is 3.04. The van der Waals surface area contributed by atoms with E-state index in [-0.39, 0.29) is 10.6 Å². The van der Waals surface area contributed by atoms with Gasteiger partial charge in [-0.1, -0.05) is 0 Å². The minimum atomic E-state index is -1.21. The lowest BCUT2D eigenvalue weighted by atomic mass is 10.2. The molecule has 1 aliphatic rings. The SMILES string of the molecule is CSC(N)=C1C(=O)OC(C)(C)OC1=O. The largest absolute Gasteiger partial charge is 0.419 e. The summed E-state index contributed by atoms with van der Waals surface area (Å²) in [7, 11) is 0. The molecule has 0 aromatic carbocycles. The predicted octanol–water partition coefficient (Wildman–Crippen LogP) is 0.356. The Morgan fingerprint density at radius 3 is 2.07 bits per heavy atom. The summed E-state index contributed by atoms with van der Waals surface area (Å²) in [5.74, 6) is -2.69. The molecular weight excluding hydrogens is 206 g/mol. The van der Waals surface area contributed by atoms with E-state index in [2.05, 4.69) is 0 Å². The molecule has 0 aromatic rings. The quantitative estimate of drug-likeness (QED) is 0.388. The molecule has 2 N–H and O–H groups in total. The molecule has 1 saturated heterocycles. The molecule has 0 spiro atoms. The molecule has 1 fully saturated rings. The molecule has 1 rings (SSSR count). The maximum atomic E-state index is 11.3. The van der Waals surface area contributed by atoms with Crippen LogP contribution in [0, 0.1) is 0 Å². The number of ether oxygens (including phenoxy) is 2. The van der Waals surface area contributed by atoms with Gasteiger partial charge in [0.2, 0.25) is 0 Å². The van der Waals surface area contributed by atoms with Crippen LogP contribution < -0.4 is 5.73 Å². The molecule has 14 heavy (non-hydrogen) atoms. The summed E-state index contributed by atoms with van der Waals surface area (Å²) in [5, 5.41) is 0.107. The van der Waals surface area contributed by atoms with Crippen LogP contribution in [0.25, 0.3) is 0 Å². The van der Waals surface area contributed by atoms with Gasteiger partial charge < -0.3 is 15.2 Å². The molecule has 1 heterocycles. The lowest BCUT2D eigenvalue weighted by molar-refractivity contribution is -0.222. The second kappa shape index (κ2) is 3.53. The fourth-order valence-corrected chi connectivity index (χ4v) is 1.33. The van der Waals surface area contributed by atoms with E-state index < -0.39 is 17.7 Å². The number of carbonyl (C=O) groups is 2. The Morgan fingerprint density at radius 1 is 1.29 bits per heavy atom. The van der Waals surface area contributed by atoms with E-state index in [1.165, 1.54) is 13.8 Å². The van der Waals surface area contributed by atoms with Crippen LogP contribution in [0.4, 0.5) is 0 Å². The molecule has 0 bridgehead atoms. The number of carbonyl (C=O) groups excluding carboxylic acids is 2. The van der Waals surface area contributed by atoms with Gasteiger partial charge in [-0.25, -0.2) is 9.59 Å². The van der Waals surface area contributed by atoms with Gasteiger partial charge in [0.05, 0.1) is 5.03 Å². The standard InChI is InChI=1S/C8H11NO4S/c1-8(2)12-6(10)4(5(9)14-3)7(11)13-8/h9H2,1-3H3. The molecule has 0 radical (unpaired) electrons. The van der Waals surface area contributed by atoms with Crippen LogP contribution in [0.2, 0.25) is 0 Å². The van der Waals surface area contributed by atoms with Crippen molar-refractivity contribution in [1.29, 1.82) is 0 Å². The maximum absolute atomic E-state index is 11.3. The van der Waals surface area contributed by atoms with Gasteiger partial charge in [0.15, 0.2) is 5.57 Å². The van der Waals surface area contributed by atoms with Gasteiger partial charge >= 0.3 is 11.9 Å². The summed E-state index contributed by atoms with van der Waals surface area (Å²) in [6.45, 7) is 2.96. The number of nitrogens with two attached hydrogens (primary N) is 1. The highest BCUT2D eigenvalue weighted by Gasteiger charge is 2.40. The van der Waals surface area contributed by atoms with Crippen molar-refractivity contribution in [3.63, 3.8) is 0 Å². The zero-order valence-electron chi connectivity index (χ0n) is 8.12. The number of cyclic esters (lactones) is 2. The smallest absolute Gasteiger partial charge is 0.351 e. The first kappa shape index (κ1) is 10.9. The molecule has 0 saturated carbocycles. The van der Waals surface area contributed by atoms with Gasteiger partial charge in [-0.15, -0.1) is 11.8 Å². The number of esters is 2. The topological polar surface area (TPSA) is 78.6 Å². The summed E-state index contributed by atoms with van der Waals surface area (Å²) in [6, 6.07) is 0. The van der Waals surface area contributed by atoms with Gasteiger partial charge in [-0.2, -0.15) is 0 Å². The summed E-state index contributed by atoms with van der Waals surface area (Å²) >= 11 is 1.09. The van der Waals surface area contributed by atoms with Crippen molar-refractivity contribution >= 4 is 23.7 Å². The molecular formula is C8H11NO4S. The highest BCUT2D eigenvalue weighted by atomic mass is 32.2. The van der Waals surface area contributed by atoms with E-state index in [9.17, 15) is 9.59 Å². The molecule has 5 nitrogen and oxygen atoms in total. The van der Waals surface area contributed by atoms with Gasteiger partial charge in [-0.3, -0.25) is 0 Å². The van der Waals surface area contributed by atoms with E-state index in [4.69, 9.17) is 15.2 Å². The number of hydrogen-bond donors (Lipinski definition) is 1. The van der Waals surface area contributed by atoms with Gasteiger partial charge in [0.1, 0.15) is 0 Å². The number of rotatable bonds is 1. The van der Waals surface area contributed by atoms with Crippen molar-refractivity contribution in [3.05, 3.63) is 10.6 Å². The van der Waals surface area contributed by atoms with Gasteiger partial charge in [0, 0.05) is 13.8 Å². The fourth-order valence-electron chi connectivity index (χ4n) is 0.956. The average Bonchev–Trinajstić information content (AvgIpc) is 1.99. The van der Waals surface area contributed by atoms with Crippen molar-refractivity contribution in [2.75, 3.05) is 6.26 Å². The van der Waals surface area contributed by atoms with E-state index in [1.54, 1.807) is 6.26 Å². The Morgan fingerprint density at radius 2 is 1.71 bits per heavy atom. The minimum absolute atomic E-state index is 0.107. The molecule has 0 aliphatic carbocycles. The van der Waals surface area contributed by atoms with Gasteiger partial charge in [-0.05, 0) is 6.26 Å². The van der Waals surface area contributed by atoms with Crippen LogP contribution >= 0.6 is 11.8 Å². The molecule has 6 heteroatoms. The van der Waals surface area contributed by atoms with E-state index >= 15 is 0 Å². The second-order valence-electron chi connectivity index (χ2n) is 3.12. The lowest BCUT2D eigenvalue weighted by Crippen LogP contribution is -2.42. The molecule has 78 valence electrons. The molecule has 0 amide bonds. The lowest BCUT2D eigenvalue weighted by Gasteiger charge is -2.30. The number of thioether (sulfide) groups is 1. The fraction of sp³-hybridized carbons (Fsp3) is 0.500. The van der Waals surface area contributed by atoms with Crippen LogP contribution in [0.1, 0.15) is 13.8 Å². The van der Waals surface area contributed by atoms with E-state index in [1.807, 2.05) is 0 Å². The molecule has 0 atom stereocenters. The van der Waals surface area contributed by atoms with Crippen LogP contribution in [-0.4, -0.2) is 24.0 Å². The Bertz CT molecular complexity index is 299. The zero-order chi connectivity index (χ0) is 10.9. The average molecular weight is 217 g/mol. The molecule has 1 aliphatic heterocycles. The third kappa shape index (κ3) is 2.01. The van der Waals surface area contributed by atoms with Crippen LogP contribution in [-0.2, 0) is 19.1 Å². The third-order valence-electron chi connectivity index (χ3n) is 1.55. The first-order valence-electron chi connectivity index (χ1n) is 3.88. The molecule has 0 aromatic heterocycles. The summed E-state index contributed by atoms with van der Waals surface area (Å²) in [5.41, 5.74) is 5.23. The van der Waals surface area contributed by atoms with Crippen molar-refractivity contribution in [2.24, 2.45) is 5.73 Å². The van der Waals surface area contributed by atoms with E-state index in [0.29, 0.717) is 0 Å². The predicted molar refractivity (Wildman–Crippen MR) is 51.0 cm³/mol. The molecule has 0 unspecified atom stereocenters. The second-order valence-corrected chi connectivity index (χ2v) is 3.97. The highest BCUT2D eigenvalue weighted by molar-refractivity contribution is 8.02. The van der Waals surface area contributed by atoms with Crippen LogP contribution in [0.5, 0.6) is 0 Å². The summed E-state index contributed by atoms with van der Waals surface area (Å²) in [6.07, 6.45) is 1.66. The Kier molecular flexibility index (Phi) is 2.75. The highest BCUT2D eigenvalue weighted by Crippen LogP contribution is 2.25. The third-order valence-corrected chi connectivity index (χ3v) is 2.20. The normalized spacial score (nSPS) is 20.1. The summed E-state index contributed by atoms with van der Waals surface area (Å²) in [4.78, 5) is 22.7. The maximum Gasteiger partial charge on any atom is 0.351 e. The zero-order valence-corrected chi connectivity index (χ0v) is 8.94.